The van der Waals surface area contributed by atoms with Crippen molar-refractivity contribution < 1.29 is 44.9 Å². The van der Waals surface area contributed by atoms with Gasteiger partial charge in [-0.25, -0.2) is 4.79 Å². The van der Waals surface area contributed by atoms with Crippen molar-refractivity contribution in [2.24, 2.45) is 0 Å². The SMILES string of the molecule is O=C(O[C@H]1Cc2c(O)cc(O)cc2O[C@@H]1c1ccc(O)c(O)c1)C1(O)C=CCCC1O. The average Bonchev–Trinajstić information content (AvgIpc) is 2.72. The fourth-order valence-electron chi connectivity index (χ4n) is 3.84. The molecule has 0 aromatic heterocycles. The Kier molecular flexibility index (Phi) is 5.16. The van der Waals surface area contributed by atoms with E-state index in [4.69, 9.17) is 9.47 Å². The third-order valence-electron chi connectivity index (χ3n) is 5.57. The zero-order valence-corrected chi connectivity index (χ0v) is 16.3. The van der Waals surface area contributed by atoms with Crippen LogP contribution >= 0.6 is 0 Å². The van der Waals surface area contributed by atoms with E-state index in [1.54, 1.807) is 6.08 Å². The van der Waals surface area contributed by atoms with Gasteiger partial charge in [-0.3, -0.25) is 0 Å². The fourth-order valence-corrected chi connectivity index (χ4v) is 3.84. The summed E-state index contributed by atoms with van der Waals surface area (Å²) in [6.45, 7) is 0. The number of carbonyl (C=O) groups excluding carboxylic acids is 1. The standard InChI is InChI=1S/C22H22O9/c23-12-8-15(25)13-10-18(31-21(28)22(29)6-2-1-3-19(22)27)20(30-17(13)9-12)11-4-5-14(24)16(26)7-11/h2,4-9,18-20,23-27,29H,1,3,10H2/t18-,19?,20+,22?/m0/s1. The number of fused-ring (bicyclic) bond motifs is 1. The molecule has 0 saturated heterocycles. The van der Waals surface area contributed by atoms with Crippen molar-refractivity contribution in [2.75, 3.05) is 0 Å². The molecule has 1 aliphatic heterocycles. The number of phenols is 4. The molecule has 9 heteroatoms. The topological polar surface area (TPSA) is 157 Å². The number of hydrogen-bond acceptors (Lipinski definition) is 9. The molecule has 0 amide bonds. The van der Waals surface area contributed by atoms with Gasteiger partial charge in [0, 0.05) is 29.7 Å². The maximum atomic E-state index is 12.8. The molecule has 2 aliphatic rings. The van der Waals surface area contributed by atoms with Gasteiger partial charge in [-0.2, -0.15) is 0 Å². The Morgan fingerprint density at radius 3 is 2.55 bits per heavy atom. The summed E-state index contributed by atoms with van der Waals surface area (Å²) in [6.07, 6.45) is 0.00923. The van der Waals surface area contributed by atoms with E-state index in [1.165, 1.54) is 30.3 Å². The number of aliphatic hydroxyl groups is 2. The first-order chi connectivity index (χ1) is 14.7. The molecule has 9 nitrogen and oxygen atoms in total. The number of allylic oxidation sites excluding steroid dienone is 1. The summed E-state index contributed by atoms with van der Waals surface area (Å²) in [7, 11) is 0. The highest BCUT2D eigenvalue weighted by atomic mass is 16.6. The summed E-state index contributed by atoms with van der Waals surface area (Å²) in [5.74, 6) is -2.20. The van der Waals surface area contributed by atoms with Gasteiger partial charge >= 0.3 is 5.97 Å². The van der Waals surface area contributed by atoms with Gasteiger partial charge in [-0.1, -0.05) is 12.1 Å². The lowest BCUT2D eigenvalue weighted by Crippen LogP contribution is -2.52. The number of phenolic OH excluding ortho intramolecular Hbond substituents is 4. The van der Waals surface area contributed by atoms with E-state index in [-0.39, 0.29) is 41.4 Å². The van der Waals surface area contributed by atoms with Gasteiger partial charge in [-0.15, -0.1) is 0 Å². The highest BCUT2D eigenvalue weighted by Gasteiger charge is 2.46. The first-order valence-electron chi connectivity index (χ1n) is 9.71. The predicted molar refractivity (Wildman–Crippen MR) is 106 cm³/mol. The summed E-state index contributed by atoms with van der Waals surface area (Å²) in [5, 5.41) is 60.3. The Hall–Kier alpha value is -3.43. The highest BCUT2D eigenvalue weighted by molar-refractivity contribution is 5.83. The summed E-state index contributed by atoms with van der Waals surface area (Å²) in [6, 6.07) is 6.34. The predicted octanol–water partition coefficient (Wildman–Crippen LogP) is 1.54. The molecule has 2 aromatic rings. The molecular formula is C22H22O9. The third kappa shape index (κ3) is 3.73. The normalized spacial score (nSPS) is 27.2. The Morgan fingerprint density at radius 2 is 1.84 bits per heavy atom. The molecular weight excluding hydrogens is 408 g/mol. The van der Waals surface area contributed by atoms with Crippen molar-refractivity contribution in [3.63, 3.8) is 0 Å². The van der Waals surface area contributed by atoms with Crippen molar-refractivity contribution >= 4 is 5.97 Å². The maximum Gasteiger partial charge on any atom is 0.345 e. The number of rotatable bonds is 3. The lowest BCUT2D eigenvalue weighted by Gasteiger charge is -2.37. The van der Waals surface area contributed by atoms with Crippen LogP contribution in [0.2, 0.25) is 0 Å². The molecule has 1 aliphatic carbocycles. The molecule has 4 atom stereocenters. The van der Waals surface area contributed by atoms with Crippen molar-refractivity contribution in [1.29, 1.82) is 0 Å². The second-order valence-electron chi connectivity index (χ2n) is 7.70. The fraction of sp³-hybridized carbons (Fsp3) is 0.318. The van der Waals surface area contributed by atoms with Gasteiger partial charge in [-0.05, 0) is 31.1 Å². The number of aliphatic hydroxyl groups excluding tert-OH is 1. The molecule has 0 radical (unpaired) electrons. The van der Waals surface area contributed by atoms with E-state index in [0.29, 0.717) is 12.0 Å². The number of ether oxygens (including phenoxy) is 2. The maximum absolute atomic E-state index is 12.8. The van der Waals surface area contributed by atoms with Crippen LogP contribution in [-0.4, -0.2) is 54.4 Å². The van der Waals surface area contributed by atoms with Crippen LogP contribution in [0.25, 0.3) is 0 Å². The van der Waals surface area contributed by atoms with Gasteiger partial charge < -0.3 is 40.1 Å². The minimum Gasteiger partial charge on any atom is -0.508 e. The summed E-state index contributed by atoms with van der Waals surface area (Å²) >= 11 is 0. The Bertz CT molecular complexity index is 1050. The van der Waals surface area contributed by atoms with Crippen LogP contribution in [0.15, 0.2) is 42.5 Å². The quantitative estimate of drug-likeness (QED) is 0.241. The van der Waals surface area contributed by atoms with E-state index in [0.717, 1.165) is 6.07 Å². The van der Waals surface area contributed by atoms with E-state index >= 15 is 0 Å². The van der Waals surface area contributed by atoms with Gasteiger partial charge in [0.2, 0.25) is 5.60 Å². The van der Waals surface area contributed by atoms with Crippen LogP contribution in [0.1, 0.15) is 30.1 Å². The molecule has 164 valence electrons. The number of carbonyl (C=O) groups is 1. The first kappa shape index (κ1) is 20.8. The second-order valence-corrected chi connectivity index (χ2v) is 7.70. The van der Waals surface area contributed by atoms with Crippen LogP contribution < -0.4 is 4.74 Å². The monoisotopic (exact) mass is 430 g/mol. The van der Waals surface area contributed by atoms with Crippen molar-refractivity contribution in [1.82, 2.24) is 0 Å². The number of hydrogen-bond donors (Lipinski definition) is 6. The molecule has 2 aromatic carbocycles. The second kappa shape index (κ2) is 7.68. The molecule has 0 saturated carbocycles. The van der Waals surface area contributed by atoms with E-state index in [2.05, 4.69) is 0 Å². The van der Waals surface area contributed by atoms with Gasteiger partial charge in [0.25, 0.3) is 0 Å². The zero-order chi connectivity index (χ0) is 22.3. The van der Waals surface area contributed by atoms with Crippen molar-refractivity contribution in [3.05, 3.63) is 53.6 Å². The molecule has 0 fully saturated rings. The number of esters is 1. The van der Waals surface area contributed by atoms with Crippen LogP contribution in [0, 0.1) is 0 Å². The molecule has 6 N–H and O–H groups in total. The zero-order valence-electron chi connectivity index (χ0n) is 16.3. The van der Waals surface area contributed by atoms with E-state index in [1.807, 2.05) is 0 Å². The van der Waals surface area contributed by atoms with E-state index in [9.17, 15) is 35.4 Å². The Balaban J connectivity index is 1.71. The molecule has 4 rings (SSSR count). The van der Waals surface area contributed by atoms with E-state index < -0.39 is 35.6 Å². The first-order valence-corrected chi connectivity index (χ1v) is 9.71. The largest absolute Gasteiger partial charge is 0.508 e. The molecule has 0 spiro atoms. The Labute approximate surface area is 177 Å². The lowest BCUT2D eigenvalue weighted by molar-refractivity contribution is -0.182. The average molecular weight is 430 g/mol. The third-order valence-corrected chi connectivity index (χ3v) is 5.57. The molecule has 0 bridgehead atoms. The lowest BCUT2D eigenvalue weighted by atomic mass is 9.87. The van der Waals surface area contributed by atoms with Gasteiger partial charge in [0.1, 0.15) is 23.4 Å². The van der Waals surface area contributed by atoms with Crippen LogP contribution in [-0.2, 0) is 16.0 Å². The van der Waals surface area contributed by atoms with Crippen LogP contribution in [0.3, 0.4) is 0 Å². The van der Waals surface area contributed by atoms with Crippen molar-refractivity contribution in [3.8, 4) is 28.7 Å². The number of aromatic hydroxyl groups is 4. The van der Waals surface area contributed by atoms with Gasteiger partial charge in [0.15, 0.2) is 17.6 Å². The minimum atomic E-state index is -2.23. The summed E-state index contributed by atoms with van der Waals surface area (Å²) in [5.41, 5.74) is -1.60. The Morgan fingerprint density at radius 1 is 1.06 bits per heavy atom. The van der Waals surface area contributed by atoms with Crippen molar-refractivity contribution in [2.45, 2.75) is 43.2 Å². The molecule has 31 heavy (non-hydrogen) atoms. The smallest absolute Gasteiger partial charge is 0.345 e. The molecule has 2 unspecified atom stereocenters. The van der Waals surface area contributed by atoms with Crippen LogP contribution in [0.4, 0.5) is 0 Å². The number of benzene rings is 2. The summed E-state index contributed by atoms with van der Waals surface area (Å²) < 4.78 is 11.4. The molecule has 1 heterocycles. The van der Waals surface area contributed by atoms with Crippen LogP contribution in [0.5, 0.6) is 28.7 Å². The highest BCUT2D eigenvalue weighted by Crippen LogP contribution is 2.44. The minimum absolute atomic E-state index is 0.0324. The summed E-state index contributed by atoms with van der Waals surface area (Å²) in [4.78, 5) is 12.8. The van der Waals surface area contributed by atoms with Gasteiger partial charge in [0.05, 0.1) is 6.10 Å².